The molecule has 110 valence electrons. The van der Waals surface area contributed by atoms with Gasteiger partial charge < -0.3 is 5.73 Å². The maximum atomic E-state index is 5.62. The van der Waals surface area contributed by atoms with Gasteiger partial charge in [0.1, 0.15) is 5.82 Å². The number of hydrogen-bond acceptors (Lipinski definition) is 3. The van der Waals surface area contributed by atoms with E-state index in [1.807, 2.05) is 11.7 Å². The van der Waals surface area contributed by atoms with Gasteiger partial charge in [-0.05, 0) is 69.2 Å². The molecule has 4 aliphatic carbocycles. The Bertz CT molecular complexity index is 469. The van der Waals surface area contributed by atoms with Gasteiger partial charge in [0.25, 0.3) is 0 Å². The molecule has 0 amide bonds. The van der Waals surface area contributed by atoms with Gasteiger partial charge in [0, 0.05) is 18.9 Å². The second-order valence-corrected chi connectivity index (χ2v) is 7.57. The van der Waals surface area contributed by atoms with Gasteiger partial charge in [-0.2, -0.15) is 5.10 Å². The van der Waals surface area contributed by atoms with E-state index in [4.69, 9.17) is 15.8 Å². The van der Waals surface area contributed by atoms with Gasteiger partial charge in [-0.25, -0.2) is 4.98 Å². The standard InChI is InChI=1S/C16H26N4/c1-20-14(3-2-4-17)18-15(19-20)16-8-11-5-12(9-16)7-13(6-11)10-16/h11-13H,2-10,17H2,1H3. The Labute approximate surface area is 121 Å². The first-order valence-corrected chi connectivity index (χ1v) is 8.29. The molecule has 4 bridgehead atoms. The van der Waals surface area contributed by atoms with Gasteiger partial charge in [0.05, 0.1) is 0 Å². The number of nitrogens with two attached hydrogens (primary N) is 1. The van der Waals surface area contributed by atoms with Crippen LogP contribution in [0.1, 0.15) is 56.6 Å². The Balaban J connectivity index is 1.63. The van der Waals surface area contributed by atoms with E-state index in [2.05, 4.69) is 0 Å². The first-order valence-electron chi connectivity index (χ1n) is 8.29. The fourth-order valence-corrected chi connectivity index (χ4v) is 5.50. The predicted octanol–water partition coefficient (Wildman–Crippen LogP) is 2.17. The van der Waals surface area contributed by atoms with Crippen molar-refractivity contribution in [2.24, 2.45) is 30.5 Å². The molecule has 0 spiro atoms. The fourth-order valence-electron chi connectivity index (χ4n) is 5.50. The van der Waals surface area contributed by atoms with Gasteiger partial charge in [0.2, 0.25) is 0 Å². The highest BCUT2D eigenvalue weighted by Gasteiger charge is 2.53. The molecular formula is C16H26N4. The van der Waals surface area contributed by atoms with Crippen LogP contribution in [0.25, 0.3) is 0 Å². The van der Waals surface area contributed by atoms with Gasteiger partial charge in [-0.3, -0.25) is 4.68 Å². The molecule has 1 heterocycles. The minimum absolute atomic E-state index is 0.327. The quantitative estimate of drug-likeness (QED) is 0.915. The Morgan fingerprint density at radius 1 is 1.15 bits per heavy atom. The molecule has 0 atom stereocenters. The van der Waals surface area contributed by atoms with Crippen molar-refractivity contribution in [2.75, 3.05) is 6.54 Å². The summed E-state index contributed by atoms with van der Waals surface area (Å²) in [7, 11) is 2.04. The van der Waals surface area contributed by atoms with Crippen LogP contribution >= 0.6 is 0 Å². The van der Waals surface area contributed by atoms with E-state index in [1.165, 1.54) is 38.5 Å². The first-order chi connectivity index (χ1) is 9.68. The van der Waals surface area contributed by atoms with Crippen molar-refractivity contribution in [3.8, 4) is 0 Å². The maximum absolute atomic E-state index is 5.62. The molecule has 5 rings (SSSR count). The van der Waals surface area contributed by atoms with Crippen molar-refractivity contribution in [3.63, 3.8) is 0 Å². The van der Waals surface area contributed by atoms with Crippen LogP contribution in [0.2, 0.25) is 0 Å². The van der Waals surface area contributed by atoms with Gasteiger partial charge >= 0.3 is 0 Å². The lowest BCUT2D eigenvalue weighted by Crippen LogP contribution is -2.49. The molecule has 2 N–H and O–H groups in total. The van der Waals surface area contributed by atoms with Crippen LogP contribution < -0.4 is 5.73 Å². The van der Waals surface area contributed by atoms with E-state index >= 15 is 0 Å². The van der Waals surface area contributed by atoms with E-state index < -0.39 is 0 Å². The average molecular weight is 274 g/mol. The first kappa shape index (κ1) is 12.8. The number of hydrogen-bond donors (Lipinski definition) is 1. The van der Waals surface area contributed by atoms with Crippen molar-refractivity contribution < 1.29 is 0 Å². The summed E-state index contributed by atoms with van der Waals surface area (Å²) in [6, 6.07) is 0. The van der Waals surface area contributed by atoms with E-state index in [0.717, 1.165) is 48.8 Å². The van der Waals surface area contributed by atoms with Crippen LogP contribution in [0.15, 0.2) is 0 Å². The number of aromatic nitrogens is 3. The van der Waals surface area contributed by atoms with Crippen molar-refractivity contribution in [1.29, 1.82) is 0 Å². The van der Waals surface area contributed by atoms with Crippen molar-refractivity contribution >= 4 is 0 Å². The fraction of sp³-hybridized carbons (Fsp3) is 0.875. The molecule has 0 radical (unpaired) electrons. The molecule has 0 saturated heterocycles. The Morgan fingerprint density at radius 3 is 2.30 bits per heavy atom. The van der Waals surface area contributed by atoms with Gasteiger partial charge in [-0.1, -0.05) is 0 Å². The molecule has 4 saturated carbocycles. The Kier molecular flexibility index (Phi) is 2.92. The van der Waals surface area contributed by atoms with E-state index in [0.29, 0.717) is 5.41 Å². The van der Waals surface area contributed by atoms with E-state index in [1.54, 1.807) is 0 Å². The smallest absolute Gasteiger partial charge is 0.157 e. The van der Waals surface area contributed by atoms with E-state index in [9.17, 15) is 0 Å². The summed E-state index contributed by atoms with van der Waals surface area (Å²) < 4.78 is 2.00. The number of nitrogens with zero attached hydrogens (tertiary/aromatic N) is 3. The third-order valence-corrected chi connectivity index (χ3v) is 5.97. The van der Waals surface area contributed by atoms with E-state index in [-0.39, 0.29) is 0 Å². The molecule has 4 aliphatic rings. The maximum Gasteiger partial charge on any atom is 0.157 e. The summed E-state index contributed by atoms with van der Waals surface area (Å²) in [5, 5.41) is 4.82. The zero-order valence-electron chi connectivity index (χ0n) is 12.5. The molecule has 0 aromatic carbocycles. The number of rotatable bonds is 4. The van der Waals surface area contributed by atoms with Gasteiger partial charge in [-0.15, -0.1) is 0 Å². The monoisotopic (exact) mass is 274 g/mol. The van der Waals surface area contributed by atoms with Crippen molar-refractivity contribution in [2.45, 2.75) is 56.8 Å². The van der Waals surface area contributed by atoms with Crippen LogP contribution in [0, 0.1) is 17.8 Å². The second-order valence-electron chi connectivity index (χ2n) is 7.57. The molecule has 0 aliphatic heterocycles. The molecule has 20 heavy (non-hydrogen) atoms. The highest BCUT2D eigenvalue weighted by molar-refractivity contribution is 5.17. The largest absolute Gasteiger partial charge is 0.330 e. The lowest BCUT2D eigenvalue weighted by Gasteiger charge is -2.55. The summed E-state index contributed by atoms with van der Waals surface area (Å²) >= 11 is 0. The third-order valence-electron chi connectivity index (χ3n) is 5.97. The summed E-state index contributed by atoms with van der Waals surface area (Å²) in [6.07, 6.45) is 10.4. The molecule has 0 unspecified atom stereocenters. The SMILES string of the molecule is Cn1nc(C23CC4CC(CC(C4)C2)C3)nc1CCCN. The summed E-state index contributed by atoms with van der Waals surface area (Å²) in [4.78, 5) is 4.93. The predicted molar refractivity (Wildman–Crippen MR) is 78.2 cm³/mol. The molecular weight excluding hydrogens is 248 g/mol. The van der Waals surface area contributed by atoms with Crippen LogP contribution in [-0.2, 0) is 18.9 Å². The zero-order valence-corrected chi connectivity index (χ0v) is 12.5. The summed E-state index contributed by atoms with van der Waals surface area (Å²) in [6.45, 7) is 0.736. The molecule has 4 nitrogen and oxygen atoms in total. The van der Waals surface area contributed by atoms with Crippen LogP contribution in [0.4, 0.5) is 0 Å². The highest BCUT2D eigenvalue weighted by atomic mass is 15.3. The third kappa shape index (κ3) is 1.92. The summed E-state index contributed by atoms with van der Waals surface area (Å²) in [5.74, 6) is 5.15. The van der Waals surface area contributed by atoms with Crippen LogP contribution in [-0.4, -0.2) is 21.3 Å². The lowest BCUT2D eigenvalue weighted by molar-refractivity contribution is -0.00942. The highest BCUT2D eigenvalue weighted by Crippen LogP contribution is 2.60. The number of aryl methyl sites for hydroxylation is 2. The van der Waals surface area contributed by atoms with Crippen LogP contribution in [0.3, 0.4) is 0 Å². The molecule has 1 aromatic rings. The normalized spacial score (nSPS) is 38.6. The van der Waals surface area contributed by atoms with Crippen molar-refractivity contribution in [1.82, 2.24) is 14.8 Å². The zero-order chi connectivity index (χ0) is 13.7. The minimum atomic E-state index is 0.327. The topological polar surface area (TPSA) is 56.7 Å². The Hall–Kier alpha value is -0.900. The van der Waals surface area contributed by atoms with Gasteiger partial charge in [0.15, 0.2) is 5.82 Å². The molecule has 4 fully saturated rings. The lowest BCUT2D eigenvalue weighted by atomic mass is 9.49. The molecule has 1 aromatic heterocycles. The molecule has 4 heteroatoms. The Morgan fingerprint density at radius 2 is 1.75 bits per heavy atom. The second kappa shape index (κ2) is 4.55. The van der Waals surface area contributed by atoms with Crippen molar-refractivity contribution in [3.05, 3.63) is 11.6 Å². The minimum Gasteiger partial charge on any atom is -0.330 e. The average Bonchev–Trinajstić information content (AvgIpc) is 2.77. The van der Waals surface area contributed by atoms with Crippen LogP contribution in [0.5, 0.6) is 0 Å². The summed E-state index contributed by atoms with van der Waals surface area (Å²) in [5.41, 5.74) is 5.95.